The van der Waals surface area contributed by atoms with Crippen LogP contribution in [-0.4, -0.2) is 96.7 Å². The first-order valence-electron chi connectivity index (χ1n) is 43.1. The summed E-state index contributed by atoms with van der Waals surface area (Å²) in [7, 11) is -9.92. The molecule has 102 heavy (non-hydrogen) atoms. The van der Waals surface area contributed by atoms with Crippen molar-refractivity contribution < 1.29 is 80.2 Å². The Kier molecular flexibility index (Phi) is 74.4. The van der Waals surface area contributed by atoms with Gasteiger partial charge in [0.2, 0.25) is 0 Å². The maximum atomic E-state index is 13.1. The van der Waals surface area contributed by atoms with Crippen LogP contribution in [0.2, 0.25) is 0 Å². The third-order valence-electron chi connectivity index (χ3n) is 19.5. The number of esters is 4. The van der Waals surface area contributed by atoms with Gasteiger partial charge in [0.05, 0.1) is 26.4 Å². The minimum absolute atomic E-state index is 0.107. The lowest BCUT2D eigenvalue weighted by molar-refractivity contribution is -0.161. The molecule has 0 heterocycles. The van der Waals surface area contributed by atoms with Gasteiger partial charge in [0.1, 0.15) is 19.3 Å². The van der Waals surface area contributed by atoms with Crippen LogP contribution in [0, 0.1) is 5.92 Å². The van der Waals surface area contributed by atoms with E-state index in [4.69, 9.17) is 37.0 Å². The molecule has 0 aromatic rings. The number of carbonyl (C=O) groups is 4. The van der Waals surface area contributed by atoms with Crippen molar-refractivity contribution in [1.29, 1.82) is 0 Å². The maximum absolute atomic E-state index is 13.1. The second-order valence-electron chi connectivity index (χ2n) is 30.3. The lowest BCUT2D eigenvalue weighted by atomic mass is 10.0. The van der Waals surface area contributed by atoms with Crippen molar-refractivity contribution in [3.05, 3.63) is 0 Å². The molecule has 0 aromatic carbocycles. The molecule has 0 aliphatic rings. The fourth-order valence-electron chi connectivity index (χ4n) is 12.9. The van der Waals surface area contributed by atoms with E-state index in [9.17, 15) is 43.2 Å². The third-order valence-corrected chi connectivity index (χ3v) is 21.4. The van der Waals surface area contributed by atoms with Crippen LogP contribution in [-0.2, 0) is 65.4 Å². The third kappa shape index (κ3) is 76.3. The van der Waals surface area contributed by atoms with E-state index in [-0.39, 0.29) is 25.7 Å². The van der Waals surface area contributed by atoms with Gasteiger partial charge in [-0.05, 0) is 31.6 Å². The lowest BCUT2D eigenvalue weighted by Gasteiger charge is -2.21. The molecule has 0 radical (unpaired) electrons. The summed E-state index contributed by atoms with van der Waals surface area (Å²) >= 11 is 0. The van der Waals surface area contributed by atoms with Gasteiger partial charge in [-0.15, -0.1) is 0 Å². The first-order valence-corrected chi connectivity index (χ1v) is 46.1. The lowest BCUT2D eigenvalue weighted by Crippen LogP contribution is -2.30. The SMILES string of the molecule is CCCCCCCCCCCCCCCCCCCCC(=O)O[C@H](COC(=O)CCCCCCCCCCCCCCCCCCC)COP(=O)(O)OC[C@@H](O)COP(=O)(O)OC[C@@H](COC(=O)CCCCCCCCCCCCCCC)OC(=O)CCCCCCCCCCCCCC(C)C. The summed E-state index contributed by atoms with van der Waals surface area (Å²) in [6.07, 6.45) is 67.9. The summed E-state index contributed by atoms with van der Waals surface area (Å²) in [5.41, 5.74) is 0. The van der Waals surface area contributed by atoms with E-state index in [0.29, 0.717) is 25.7 Å². The molecule has 0 aliphatic carbocycles. The van der Waals surface area contributed by atoms with Crippen molar-refractivity contribution in [2.24, 2.45) is 5.92 Å². The molecule has 3 N–H and O–H groups in total. The average molecular weight is 1490 g/mol. The number of carbonyl (C=O) groups excluding carboxylic acids is 4. The van der Waals surface area contributed by atoms with E-state index < -0.39 is 97.5 Å². The first kappa shape index (κ1) is 100. The average Bonchev–Trinajstić information content (AvgIpc) is 0.928. The molecule has 5 atom stereocenters. The Hall–Kier alpha value is -1.94. The maximum Gasteiger partial charge on any atom is 0.472 e. The first-order chi connectivity index (χ1) is 49.5. The largest absolute Gasteiger partial charge is 0.472 e. The Bertz CT molecular complexity index is 1940. The predicted octanol–water partition coefficient (Wildman–Crippen LogP) is 25.2. The van der Waals surface area contributed by atoms with Crippen LogP contribution < -0.4 is 0 Å². The number of unbranched alkanes of at least 4 members (excludes halogenated alkanes) is 55. The molecule has 0 saturated carbocycles. The number of ether oxygens (including phenoxy) is 4. The summed E-state index contributed by atoms with van der Waals surface area (Å²) in [6, 6.07) is 0. The standard InChI is InChI=1S/C83H162O17P2/c1-6-9-12-15-18-21-24-27-29-31-33-35-38-43-48-53-58-63-68-82(87)99-78(72-94-81(86)67-62-57-52-47-42-37-34-32-30-28-25-22-19-16-13-10-7-2)74-97-101(89,90)95-70-77(84)71-96-102(91,92)98-75-79(73-93-80(85)66-61-56-51-46-41-36-26-23-20-17-14-11-8-3)100-83(88)69-64-59-54-49-44-39-40-45-50-55-60-65-76(4)5/h76-79,84H,6-75H2,1-5H3,(H,89,90)(H,91,92)/t77-,78-,79-/m1/s1. The van der Waals surface area contributed by atoms with Gasteiger partial charge in [0, 0.05) is 25.7 Å². The fraction of sp³-hybridized carbons (Fsp3) is 0.952. The van der Waals surface area contributed by atoms with Crippen molar-refractivity contribution in [3.63, 3.8) is 0 Å². The normalized spacial score (nSPS) is 13.8. The van der Waals surface area contributed by atoms with Crippen molar-refractivity contribution >= 4 is 39.5 Å². The van der Waals surface area contributed by atoms with Gasteiger partial charge in [-0.1, -0.05) is 394 Å². The summed E-state index contributed by atoms with van der Waals surface area (Å²) in [5.74, 6) is -1.34. The van der Waals surface area contributed by atoms with Crippen molar-refractivity contribution in [2.45, 2.75) is 464 Å². The summed E-state index contributed by atoms with van der Waals surface area (Å²) < 4.78 is 68.8. The van der Waals surface area contributed by atoms with Gasteiger partial charge >= 0.3 is 39.5 Å². The molecule has 0 bridgehead atoms. The van der Waals surface area contributed by atoms with Gasteiger partial charge in [-0.25, -0.2) is 9.13 Å². The minimum Gasteiger partial charge on any atom is -0.462 e. The highest BCUT2D eigenvalue weighted by molar-refractivity contribution is 7.47. The monoisotopic (exact) mass is 1490 g/mol. The van der Waals surface area contributed by atoms with E-state index in [0.717, 1.165) is 95.8 Å². The molecule has 2 unspecified atom stereocenters. The molecule has 0 rings (SSSR count). The zero-order valence-corrected chi connectivity index (χ0v) is 68.5. The van der Waals surface area contributed by atoms with E-state index in [1.807, 2.05) is 0 Å². The van der Waals surface area contributed by atoms with E-state index in [1.165, 1.54) is 270 Å². The zero-order chi connectivity index (χ0) is 74.8. The number of aliphatic hydroxyl groups is 1. The van der Waals surface area contributed by atoms with Crippen molar-refractivity contribution in [1.82, 2.24) is 0 Å². The molecule has 0 amide bonds. The van der Waals surface area contributed by atoms with Gasteiger partial charge in [0.15, 0.2) is 12.2 Å². The van der Waals surface area contributed by atoms with E-state index in [1.54, 1.807) is 0 Å². The van der Waals surface area contributed by atoms with Crippen LogP contribution in [0.5, 0.6) is 0 Å². The minimum atomic E-state index is -4.96. The van der Waals surface area contributed by atoms with Crippen LogP contribution in [0.1, 0.15) is 446 Å². The Morgan fingerprint density at radius 1 is 0.265 bits per heavy atom. The van der Waals surface area contributed by atoms with Crippen LogP contribution in [0.4, 0.5) is 0 Å². The number of hydrogen-bond donors (Lipinski definition) is 3. The highest BCUT2D eigenvalue weighted by Gasteiger charge is 2.30. The smallest absolute Gasteiger partial charge is 0.462 e. The molecular formula is C83H162O17P2. The topological polar surface area (TPSA) is 237 Å². The molecule has 17 nitrogen and oxygen atoms in total. The van der Waals surface area contributed by atoms with Gasteiger partial charge in [-0.3, -0.25) is 37.3 Å². The molecule has 0 aromatic heterocycles. The molecule has 0 aliphatic heterocycles. The van der Waals surface area contributed by atoms with E-state index >= 15 is 0 Å². The number of rotatable bonds is 83. The molecule has 0 saturated heterocycles. The molecule has 19 heteroatoms. The number of phosphoric acid groups is 2. The van der Waals surface area contributed by atoms with Crippen LogP contribution in [0.3, 0.4) is 0 Å². The molecule has 0 fully saturated rings. The van der Waals surface area contributed by atoms with Crippen molar-refractivity contribution in [2.75, 3.05) is 39.6 Å². The number of phosphoric ester groups is 2. The van der Waals surface area contributed by atoms with Gasteiger partial charge < -0.3 is 33.8 Å². The number of hydrogen-bond acceptors (Lipinski definition) is 15. The number of aliphatic hydroxyl groups excluding tert-OH is 1. The quantitative estimate of drug-likeness (QED) is 0.0222. The molecule has 606 valence electrons. The summed E-state index contributed by atoms with van der Waals surface area (Å²) in [5, 5.41) is 10.7. The highest BCUT2D eigenvalue weighted by Crippen LogP contribution is 2.45. The van der Waals surface area contributed by atoms with Crippen LogP contribution >= 0.6 is 15.6 Å². The van der Waals surface area contributed by atoms with Crippen LogP contribution in [0.15, 0.2) is 0 Å². The van der Waals surface area contributed by atoms with E-state index in [2.05, 4.69) is 34.6 Å². The van der Waals surface area contributed by atoms with Crippen molar-refractivity contribution in [3.8, 4) is 0 Å². The Labute approximate surface area is 626 Å². The second kappa shape index (κ2) is 75.9. The zero-order valence-electron chi connectivity index (χ0n) is 66.8. The summed E-state index contributed by atoms with van der Waals surface area (Å²) in [4.78, 5) is 73.2. The predicted molar refractivity (Wildman–Crippen MR) is 418 cm³/mol. The Morgan fingerprint density at radius 2 is 0.451 bits per heavy atom. The molecule has 0 spiro atoms. The van der Waals surface area contributed by atoms with Gasteiger partial charge in [-0.2, -0.15) is 0 Å². The molecular weight excluding hydrogens is 1330 g/mol. The Morgan fingerprint density at radius 3 is 0.667 bits per heavy atom. The Balaban J connectivity index is 5.26. The highest BCUT2D eigenvalue weighted by atomic mass is 31.2. The summed E-state index contributed by atoms with van der Waals surface area (Å²) in [6.45, 7) is 7.36. The van der Waals surface area contributed by atoms with Gasteiger partial charge in [0.25, 0.3) is 0 Å². The fourth-order valence-corrected chi connectivity index (χ4v) is 14.5. The van der Waals surface area contributed by atoms with Crippen LogP contribution in [0.25, 0.3) is 0 Å². The second-order valence-corrected chi connectivity index (χ2v) is 33.3.